The van der Waals surface area contributed by atoms with Gasteiger partial charge >= 0.3 is 6.36 Å². The van der Waals surface area contributed by atoms with Crippen molar-refractivity contribution in [1.82, 2.24) is 10.3 Å². The van der Waals surface area contributed by atoms with Crippen LogP contribution in [0, 0.1) is 6.92 Å². The molecule has 0 aliphatic rings. The van der Waals surface area contributed by atoms with Gasteiger partial charge in [-0.15, -0.1) is 13.2 Å². The highest BCUT2D eigenvalue weighted by Gasteiger charge is 2.31. The molecule has 0 aliphatic carbocycles. The summed E-state index contributed by atoms with van der Waals surface area (Å²) in [7, 11) is -3.77. The van der Waals surface area contributed by atoms with Crippen LogP contribution in [0.25, 0.3) is 0 Å². The molecule has 0 saturated heterocycles. The summed E-state index contributed by atoms with van der Waals surface area (Å²) in [6, 6.07) is 3.90. The van der Waals surface area contributed by atoms with Crippen molar-refractivity contribution >= 4 is 9.84 Å². The zero-order chi connectivity index (χ0) is 15.7. The number of hydrogen-bond donors (Lipinski definition) is 0. The lowest BCUT2D eigenvalue weighted by atomic mass is 10.3. The summed E-state index contributed by atoms with van der Waals surface area (Å²) < 4.78 is 68.2. The summed E-state index contributed by atoms with van der Waals surface area (Å²) in [5, 5.41) is 6.91. The molecular formula is C11H9F3N2O4S. The number of hydrogen-bond acceptors (Lipinski definition) is 6. The van der Waals surface area contributed by atoms with Crippen LogP contribution in [-0.2, 0) is 15.6 Å². The lowest BCUT2D eigenvalue weighted by molar-refractivity contribution is -0.274. The molecule has 2 rings (SSSR count). The number of aryl methyl sites for hydroxylation is 1. The van der Waals surface area contributed by atoms with Gasteiger partial charge in [0.1, 0.15) is 22.9 Å². The van der Waals surface area contributed by atoms with Gasteiger partial charge in [-0.25, -0.2) is 13.0 Å². The first kappa shape index (κ1) is 15.3. The first-order valence-corrected chi connectivity index (χ1v) is 7.19. The van der Waals surface area contributed by atoms with Gasteiger partial charge in [0.25, 0.3) is 0 Å². The Morgan fingerprint density at radius 3 is 2.29 bits per heavy atom. The molecule has 0 unspecified atom stereocenters. The second-order valence-electron chi connectivity index (χ2n) is 4.07. The van der Waals surface area contributed by atoms with Crippen LogP contribution < -0.4 is 4.74 Å². The summed E-state index contributed by atoms with van der Waals surface area (Å²) in [5.74, 6) is -0.956. The number of alkyl halides is 3. The van der Waals surface area contributed by atoms with E-state index in [1.54, 1.807) is 0 Å². The fraction of sp³-hybridized carbons (Fsp3) is 0.273. The fourth-order valence-electron chi connectivity index (χ4n) is 1.49. The molecule has 0 aliphatic heterocycles. The average Bonchev–Trinajstić information content (AvgIpc) is 2.73. The monoisotopic (exact) mass is 322 g/mol. The van der Waals surface area contributed by atoms with E-state index in [0.29, 0.717) is 5.69 Å². The van der Waals surface area contributed by atoms with Crippen LogP contribution in [0.3, 0.4) is 0 Å². The molecule has 0 bridgehead atoms. The molecule has 0 amide bonds. The molecule has 1 heterocycles. The third-order valence-electron chi connectivity index (χ3n) is 2.49. The zero-order valence-electron chi connectivity index (χ0n) is 10.6. The topological polar surface area (TPSA) is 82.3 Å². The highest BCUT2D eigenvalue weighted by atomic mass is 32.2. The van der Waals surface area contributed by atoms with Crippen LogP contribution in [-0.4, -0.2) is 25.1 Å². The molecule has 1 aromatic heterocycles. The van der Waals surface area contributed by atoms with Crippen molar-refractivity contribution in [3.8, 4) is 5.75 Å². The molecule has 114 valence electrons. The van der Waals surface area contributed by atoms with Crippen LogP contribution in [0.15, 0.2) is 33.8 Å². The number of aromatic nitrogens is 2. The van der Waals surface area contributed by atoms with Gasteiger partial charge in [-0.05, 0) is 31.2 Å². The number of halogens is 3. The Bertz CT molecular complexity index is 723. The molecule has 0 radical (unpaired) electrons. The molecule has 1 aromatic carbocycles. The van der Waals surface area contributed by atoms with Crippen molar-refractivity contribution < 1.29 is 31.0 Å². The standard InChI is InChI=1S/C11H9F3N2O4S/c1-7-10(16-20-15-7)6-21(17,18)9-4-2-8(3-5-9)19-11(12,13)14/h2-5H,6H2,1H3. The van der Waals surface area contributed by atoms with Gasteiger partial charge in [-0.2, -0.15) is 0 Å². The van der Waals surface area contributed by atoms with E-state index in [1.807, 2.05) is 0 Å². The predicted molar refractivity (Wildman–Crippen MR) is 63.0 cm³/mol. The molecule has 0 spiro atoms. The Balaban J connectivity index is 2.19. The van der Waals surface area contributed by atoms with Crippen molar-refractivity contribution in [3.63, 3.8) is 0 Å². The van der Waals surface area contributed by atoms with Gasteiger partial charge in [0.15, 0.2) is 9.84 Å². The SMILES string of the molecule is Cc1nonc1CS(=O)(=O)c1ccc(OC(F)(F)F)cc1. The first-order chi connectivity index (χ1) is 9.67. The van der Waals surface area contributed by atoms with Crippen molar-refractivity contribution in [2.75, 3.05) is 0 Å². The third kappa shape index (κ3) is 3.94. The minimum absolute atomic E-state index is 0.144. The molecular weight excluding hydrogens is 313 g/mol. The van der Waals surface area contributed by atoms with Crippen molar-refractivity contribution in [2.24, 2.45) is 0 Å². The quantitative estimate of drug-likeness (QED) is 0.858. The lowest BCUT2D eigenvalue weighted by Gasteiger charge is -2.09. The van der Waals surface area contributed by atoms with Crippen molar-refractivity contribution in [3.05, 3.63) is 35.7 Å². The van der Waals surface area contributed by atoms with E-state index in [9.17, 15) is 21.6 Å². The zero-order valence-corrected chi connectivity index (χ0v) is 11.4. The van der Waals surface area contributed by atoms with Gasteiger partial charge in [-0.1, -0.05) is 10.3 Å². The van der Waals surface area contributed by atoms with Crippen LogP contribution in [0.4, 0.5) is 13.2 Å². The van der Waals surface area contributed by atoms with E-state index in [4.69, 9.17) is 0 Å². The lowest BCUT2D eigenvalue weighted by Crippen LogP contribution is -2.17. The van der Waals surface area contributed by atoms with E-state index in [2.05, 4.69) is 19.7 Å². The third-order valence-corrected chi connectivity index (χ3v) is 4.13. The maximum absolute atomic E-state index is 12.1. The maximum Gasteiger partial charge on any atom is 0.573 e. The summed E-state index contributed by atoms with van der Waals surface area (Å²) in [6.07, 6.45) is -4.83. The van der Waals surface area contributed by atoms with E-state index >= 15 is 0 Å². The van der Waals surface area contributed by atoms with Crippen LogP contribution in [0.1, 0.15) is 11.4 Å². The molecule has 21 heavy (non-hydrogen) atoms. The highest BCUT2D eigenvalue weighted by Crippen LogP contribution is 2.25. The van der Waals surface area contributed by atoms with Crippen LogP contribution >= 0.6 is 0 Å². The van der Waals surface area contributed by atoms with Crippen LogP contribution in [0.2, 0.25) is 0 Å². The van der Waals surface area contributed by atoms with Gasteiger partial charge in [0.2, 0.25) is 0 Å². The Labute approximate surface area is 117 Å². The fourth-order valence-corrected chi connectivity index (χ4v) is 2.83. The van der Waals surface area contributed by atoms with E-state index in [0.717, 1.165) is 24.3 Å². The number of benzene rings is 1. The Kier molecular flexibility index (Phi) is 3.90. The normalized spacial score (nSPS) is 12.4. The summed E-state index contributed by atoms with van der Waals surface area (Å²) in [4.78, 5) is -0.153. The molecule has 2 aromatic rings. The number of sulfone groups is 1. The number of ether oxygens (including phenoxy) is 1. The molecule has 0 atom stereocenters. The Hall–Kier alpha value is -2.10. The van der Waals surface area contributed by atoms with Crippen LogP contribution in [0.5, 0.6) is 5.75 Å². The second-order valence-corrected chi connectivity index (χ2v) is 6.06. The first-order valence-electron chi connectivity index (χ1n) is 5.54. The molecule has 0 N–H and O–H groups in total. The highest BCUT2D eigenvalue weighted by molar-refractivity contribution is 7.90. The molecule has 10 heteroatoms. The minimum atomic E-state index is -4.83. The molecule has 0 fully saturated rings. The van der Waals surface area contributed by atoms with Gasteiger partial charge in [0, 0.05) is 0 Å². The van der Waals surface area contributed by atoms with Gasteiger partial charge < -0.3 is 4.74 Å². The van der Waals surface area contributed by atoms with E-state index in [1.165, 1.54) is 6.92 Å². The second kappa shape index (κ2) is 5.35. The Morgan fingerprint density at radius 2 is 1.81 bits per heavy atom. The summed E-state index contributed by atoms with van der Waals surface area (Å²) >= 11 is 0. The number of nitrogens with zero attached hydrogens (tertiary/aromatic N) is 2. The molecule has 6 nitrogen and oxygen atoms in total. The van der Waals surface area contributed by atoms with E-state index < -0.39 is 27.7 Å². The Morgan fingerprint density at radius 1 is 1.19 bits per heavy atom. The van der Waals surface area contributed by atoms with Crippen molar-refractivity contribution in [2.45, 2.75) is 23.9 Å². The largest absolute Gasteiger partial charge is 0.573 e. The maximum atomic E-state index is 12.1. The van der Waals surface area contributed by atoms with E-state index in [-0.39, 0.29) is 10.6 Å². The summed E-state index contributed by atoms with van der Waals surface area (Å²) in [5.41, 5.74) is 0.473. The average molecular weight is 322 g/mol. The predicted octanol–water partition coefficient (Wildman–Crippen LogP) is 2.25. The smallest absolute Gasteiger partial charge is 0.406 e. The minimum Gasteiger partial charge on any atom is -0.406 e. The van der Waals surface area contributed by atoms with Gasteiger partial charge in [0.05, 0.1) is 4.90 Å². The number of rotatable bonds is 4. The molecule has 0 saturated carbocycles. The summed E-state index contributed by atoms with van der Waals surface area (Å²) in [6.45, 7) is 1.53. The van der Waals surface area contributed by atoms with Crippen molar-refractivity contribution in [1.29, 1.82) is 0 Å². The van der Waals surface area contributed by atoms with Gasteiger partial charge in [-0.3, -0.25) is 0 Å².